The Morgan fingerprint density at radius 3 is 2.79 bits per heavy atom. The number of hydrogen-bond acceptors (Lipinski definition) is 4. The summed E-state index contributed by atoms with van der Waals surface area (Å²) >= 11 is 0. The predicted molar refractivity (Wildman–Crippen MR) is 71.1 cm³/mol. The third-order valence-corrected chi connectivity index (χ3v) is 3.66. The third-order valence-electron chi connectivity index (χ3n) is 3.14. The van der Waals surface area contributed by atoms with Crippen LogP contribution in [0.1, 0.15) is 23.5 Å². The van der Waals surface area contributed by atoms with Gasteiger partial charge in [0.25, 0.3) is 10.2 Å². The molecule has 0 radical (unpaired) electrons. The van der Waals surface area contributed by atoms with E-state index in [2.05, 4.69) is 4.72 Å². The standard InChI is InChI=1S/C12H16N2O4S/c1-18-7-11-10-4-3-9(14-19(13,16)17)6-8(10)2-5-12(11)15/h3-4,6,11,14H,2,5,7H2,1H3,(H2,13,16,17)/t11-/m1/s1. The number of nitrogens with two attached hydrogens (primary N) is 1. The number of ketones is 1. The number of hydrogen-bond donors (Lipinski definition) is 2. The van der Waals surface area contributed by atoms with Crippen molar-refractivity contribution in [3.8, 4) is 0 Å². The van der Waals surface area contributed by atoms with Gasteiger partial charge in [0.05, 0.1) is 18.2 Å². The van der Waals surface area contributed by atoms with Gasteiger partial charge in [0, 0.05) is 13.5 Å². The number of methoxy groups -OCH3 is 1. The van der Waals surface area contributed by atoms with Gasteiger partial charge in [-0.2, -0.15) is 8.42 Å². The second kappa shape index (κ2) is 5.28. The molecule has 19 heavy (non-hydrogen) atoms. The maximum absolute atomic E-state index is 11.8. The van der Waals surface area contributed by atoms with Crippen LogP contribution in [0.25, 0.3) is 0 Å². The molecule has 0 spiro atoms. The van der Waals surface area contributed by atoms with Crippen molar-refractivity contribution < 1.29 is 17.9 Å². The SMILES string of the molecule is COC[C@H]1C(=O)CCc2cc(NS(N)(=O)=O)ccc21. The number of benzene rings is 1. The number of fused-ring (bicyclic) bond motifs is 1. The largest absolute Gasteiger partial charge is 0.384 e. The first-order valence-corrected chi connectivity index (χ1v) is 7.40. The molecule has 0 saturated carbocycles. The average molecular weight is 284 g/mol. The molecule has 0 unspecified atom stereocenters. The minimum absolute atomic E-state index is 0.154. The Hall–Kier alpha value is -1.44. The van der Waals surface area contributed by atoms with Crippen molar-refractivity contribution in [1.29, 1.82) is 0 Å². The highest BCUT2D eigenvalue weighted by atomic mass is 32.2. The molecular formula is C12H16N2O4S. The quantitative estimate of drug-likeness (QED) is 0.843. The minimum atomic E-state index is -3.78. The first-order valence-electron chi connectivity index (χ1n) is 5.85. The van der Waals surface area contributed by atoms with Crippen molar-refractivity contribution in [2.45, 2.75) is 18.8 Å². The molecule has 7 heteroatoms. The van der Waals surface area contributed by atoms with Gasteiger partial charge in [0.2, 0.25) is 0 Å². The fraction of sp³-hybridized carbons (Fsp3) is 0.417. The summed E-state index contributed by atoms with van der Waals surface area (Å²) in [5, 5.41) is 4.93. The zero-order chi connectivity index (χ0) is 14.0. The van der Waals surface area contributed by atoms with Gasteiger partial charge in [-0.15, -0.1) is 0 Å². The molecule has 3 N–H and O–H groups in total. The Morgan fingerprint density at radius 2 is 2.16 bits per heavy atom. The van der Waals surface area contributed by atoms with Gasteiger partial charge in [0.15, 0.2) is 0 Å². The predicted octanol–water partition coefficient (Wildman–Crippen LogP) is 0.547. The molecule has 1 aliphatic rings. The fourth-order valence-corrected chi connectivity index (χ4v) is 2.80. The van der Waals surface area contributed by atoms with Crippen molar-refractivity contribution in [1.82, 2.24) is 0 Å². The number of aryl methyl sites for hydroxylation is 1. The highest BCUT2D eigenvalue weighted by Gasteiger charge is 2.27. The smallest absolute Gasteiger partial charge is 0.296 e. The monoisotopic (exact) mass is 284 g/mol. The molecule has 1 aromatic carbocycles. The topological polar surface area (TPSA) is 98.5 Å². The molecular weight excluding hydrogens is 268 g/mol. The molecule has 0 amide bonds. The molecule has 0 aliphatic heterocycles. The average Bonchev–Trinajstić information content (AvgIpc) is 2.31. The van der Waals surface area contributed by atoms with E-state index in [1.807, 2.05) is 0 Å². The second-order valence-electron chi connectivity index (χ2n) is 4.53. The summed E-state index contributed by atoms with van der Waals surface area (Å²) in [5.74, 6) is -0.112. The van der Waals surface area contributed by atoms with Crippen molar-refractivity contribution in [2.24, 2.45) is 5.14 Å². The zero-order valence-corrected chi connectivity index (χ0v) is 11.4. The molecule has 1 aliphatic carbocycles. The molecule has 0 bridgehead atoms. The first-order chi connectivity index (χ1) is 8.90. The summed E-state index contributed by atoms with van der Waals surface area (Å²) in [6.45, 7) is 0.341. The van der Waals surface area contributed by atoms with Gasteiger partial charge in [-0.25, -0.2) is 5.14 Å². The molecule has 0 aromatic heterocycles. The van der Waals surface area contributed by atoms with Crippen LogP contribution in [-0.2, 0) is 26.2 Å². The Kier molecular flexibility index (Phi) is 3.88. The summed E-state index contributed by atoms with van der Waals surface area (Å²) in [6, 6.07) is 5.07. The lowest BCUT2D eigenvalue weighted by Gasteiger charge is -2.24. The van der Waals surface area contributed by atoms with E-state index in [1.165, 1.54) is 0 Å². The number of ether oxygens (including phenoxy) is 1. The van der Waals surface area contributed by atoms with E-state index in [9.17, 15) is 13.2 Å². The Morgan fingerprint density at radius 1 is 1.42 bits per heavy atom. The number of carbonyl (C=O) groups excluding carboxylic acids is 1. The van der Waals surface area contributed by atoms with Crippen LogP contribution in [0.2, 0.25) is 0 Å². The van der Waals surface area contributed by atoms with Crippen molar-refractivity contribution in [3.05, 3.63) is 29.3 Å². The van der Waals surface area contributed by atoms with E-state index in [1.54, 1.807) is 25.3 Å². The molecule has 1 aromatic rings. The molecule has 6 nitrogen and oxygen atoms in total. The third kappa shape index (κ3) is 3.31. The number of nitrogens with one attached hydrogen (secondary N) is 1. The van der Waals surface area contributed by atoms with E-state index in [4.69, 9.17) is 9.88 Å². The van der Waals surface area contributed by atoms with E-state index in [0.29, 0.717) is 25.1 Å². The van der Waals surface area contributed by atoms with Crippen molar-refractivity contribution in [3.63, 3.8) is 0 Å². The Balaban J connectivity index is 2.33. The van der Waals surface area contributed by atoms with Crippen LogP contribution in [0.3, 0.4) is 0 Å². The normalized spacial score (nSPS) is 19.1. The first kappa shape index (κ1) is 14.0. The van der Waals surface area contributed by atoms with Crippen LogP contribution < -0.4 is 9.86 Å². The molecule has 0 heterocycles. The highest BCUT2D eigenvalue weighted by molar-refractivity contribution is 7.90. The maximum Gasteiger partial charge on any atom is 0.296 e. The highest BCUT2D eigenvalue weighted by Crippen LogP contribution is 2.31. The summed E-state index contributed by atoms with van der Waals surface area (Å²) < 4.78 is 29.3. The summed E-state index contributed by atoms with van der Waals surface area (Å²) in [7, 11) is -2.23. The Labute approximate surface area is 112 Å². The summed E-state index contributed by atoms with van der Waals surface area (Å²) in [5.41, 5.74) is 2.26. The molecule has 1 atom stereocenters. The molecule has 2 rings (SSSR count). The lowest BCUT2D eigenvalue weighted by molar-refractivity contribution is -0.122. The van der Waals surface area contributed by atoms with Crippen molar-refractivity contribution >= 4 is 21.7 Å². The lowest BCUT2D eigenvalue weighted by Crippen LogP contribution is -2.25. The van der Waals surface area contributed by atoms with Crippen LogP contribution in [0.4, 0.5) is 5.69 Å². The van der Waals surface area contributed by atoms with E-state index in [-0.39, 0.29) is 11.7 Å². The van der Waals surface area contributed by atoms with Crippen LogP contribution in [-0.4, -0.2) is 27.9 Å². The fourth-order valence-electron chi connectivity index (χ4n) is 2.34. The van der Waals surface area contributed by atoms with Crippen LogP contribution >= 0.6 is 0 Å². The molecule has 0 saturated heterocycles. The van der Waals surface area contributed by atoms with Gasteiger partial charge < -0.3 is 4.74 Å². The van der Waals surface area contributed by atoms with Crippen LogP contribution in [0.5, 0.6) is 0 Å². The van der Waals surface area contributed by atoms with Crippen LogP contribution in [0.15, 0.2) is 18.2 Å². The summed E-state index contributed by atoms with van der Waals surface area (Å²) in [6.07, 6.45) is 1.05. The van der Waals surface area contributed by atoms with Gasteiger partial charge in [-0.1, -0.05) is 6.07 Å². The minimum Gasteiger partial charge on any atom is -0.384 e. The van der Waals surface area contributed by atoms with Crippen LogP contribution in [0, 0.1) is 0 Å². The van der Waals surface area contributed by atoms with E-state index < -0.39 is 10.2 Å². The molecule has 0 fully saturated rings. The van der Waals surface area contributed by atoms with E-state index >= 15 is 0 Å². The number of rotatable bonds is 4. The zero-order valence-electron chi connectivity index (χ0n) is 10.5. The van der Waals surface area contributed by atoms with Gasteiger partial charge in [-0.3, -0.25) is 9.52 Å². The van der Waals surface area contributed by atoms with Gasteiger partial charge in [-0.05, 0) is 29.7 Å². The van der Waals surface area contributed by atoms with E-state index in [0.717, 1.165) is 11.1 Å². The Bertz CT molecular complexity index is 598. The second-order valence-corrected chi connectivity index (χ2v) is 5.83. The number of anilines is 1. The molecule has 104 valence electrons. The summed E-state index contributed by atoms with van der Waals surface area (Å²) in [4.78, 5) is 11.8. The van der Waals surface area contributed by atoms with Crippen molar-refractivity contribution in [2.75, 3.05) is 18.4 Å². The lowest BCUT2D eigenvalue weighted by atomic mass is 9.82. The number of carbonyl (C=O) groups is 1. The maximum atomic E-state index is 11.8. The van der Waals surface area contributed by atoms with Gasteiger partial charge >= 0.3 is 0 Å². The number of Topliss-reactive ketones (excluding diaryl/α,β-unsaturated/α-hetero) is 1. The van der Waals surface area contributed by atoms with Gasteiger partial charge in [0.1, 0.15) is 5.78 Å².